The summed E-state index contributed by atoms with van der Waals surface area (Å²) in [6.45, 7) is 12.8. The van der Waals surface area contributed by atoms with Crippen molar-refractivity contribution in [1.82, 2.24) is 10.2 Å². The standard InChI is InChI=1S/C11H24N2/c1-5-10(3)13-8-7-12-9-11(13,4)6-2/h10,12H,5-9H2,1-4H3. The van der Waals surface area contributed by atoms with Gasteiger partial charge in [-0.25, -0.2) is 0 Å². The summed E-state index contributed by atoms with van der Waals surface area (Å²) in [5.74, 6) is 0. The summed E-state index contributed by atoms with van der Waals surface area (Å²) in [6, 6.07) is 0.729. The lowest BCUT2D eigenvalue weighted by Gasteiger charge is -2.48. The van der Waals surface area contributed by atoms with Crippen LogP contribution in [-0.2, 0) is 0 Å². The molecular weight excluding hydrogens is 160 g/mol. The minimum absolute atomic E-state index is 0.383. The molecule has 0 aromatic rings. The van der Waals surface area contributed by atoms with Crippen molar-refractivity contribution in [3.63, 3.8) is 0 Å². The molecule has 2 unspecified atom stereocenters. The summed E-state index contributed by atoms with van der Waals surface area (Å²) < 4.78 is 0. The fourth-order valence-corrected chi connectivity index (χ4v) is 2.23. The van der Waals surface area contributed by atoms with Crippen molar-refractivity contribution >= 4 is 0 Å². The molecule has 0 aromatic carbocycles. The first-order chi connectivity index (χ1) is 6.14. The average Bonchev–Trinajstić information content (AvgIpc) is 2.17. The molecule has 78 valence electrons. The maximum Gasteiger partial charge on any atom is 0.0306 e. The third-order valence-corrected chi connectivity index (χ3v) is 3.61. The molecule has 2 atom stereocenters. The van der Waals surface area contributed by atoms with Gasteiger partial charge in [0.05, 0.1) is 0 Å². The Morgan fingerprint density at radius 2 is 2.15 bits per heavy atom. The lowest BCUT2D eigenvalue weighted by atomic mass is 9.92. The molecule has 1 aliphatic heterocycles. The Hall–Kier alpha value is -0.0800. The Morgan fingerprint density at radius 1 is 1.46 bits per heavy atom. The van der Waals surface area contributed by atoms with E-state index in [1.807, 2.05) is 0 Å². The van der Waals surface area contributed by atoms with Gasteiger partial charge < -0.3 is 5.32 Å². The van der Waals surface area contributed by atoms with Crippen LogP contribution in [0.3, 0.4) is 0 Å². The van der Waals surface area contributed by atoms with Crippen LogP contribution in [0.15, 0.2) is 0 Å². The van der Waals surface area contributed by atoms with Gasteiger partial charge in [0.15, 0.2) is 0 Å². The Morgan fingerprint density at radius 3 is 2.69 bits per heavy atom. The van der Waals surface area contributed by atoms with Gasteiger partial charge in [0.2, 0.25) is 0 Å². The van der Waals surface area contributed by atoms with E-state index in [1.165, 1.54) is 19.4 Å². The zero-order valence-corrected chi connectivity index (χ0v) is 9.56. The van der Waals surface area contributed by atoms with Gasteiger partial charge in [-0.3, -0.25) is 4.90 Å². The van der Waals surface area contributed by atoms with E-state index in [9.17, 15) is 0 Å². The number of piperazine rings is 1. The second kappa shape index (κ2) is 4.43. The van der Waals surface area contributed by atoms with Crippen LogP contribution in [-0.4, -0.2) is 36.1 Å². The summed E-state index contributed by atoms with van der Waals surface area (Å²) in [6.07, 6.45) is 2.50. The highest BCUT2D eigenvalue weighted by atomic mass is 15.3. The molecule has 1 rings (SSSR count). The zero-order chi connectivity index (χ0) is 9.90. The molecular formula is C11H24N2. The highest BCUT2D eigenvalue weighted by molar-refractivity contribution is 4.93. The highest BCUT2D eigenvalue weighted by Gasteiger charge is 2.34. The predicted molar refractivity (Wildman–Crippen MR) is 58.0 cm³/mol. The number of hydrogen-bond donors (Lipinski definition) is 1. The maximum atomic E-state index is 3.49. The fourth-order valence-electron chi connectivity index (χ4n) is 2.23. The molecule has 13 heavy (non-hydrogen) atoms. The molecule has 1 heterocycles. The van der Waals surface area contributed by atoms with Crippen molar-refractivity contribution in [3.05, 3.63) is 0 Å². The van der Waals surface area contributed by atoms with Crippen molar-refractivity contribution in [1.29, 1.82) is 0 Å². The van der Waals surface area contributed by atoms with Crippen molar-refractivity contribution in [3.8, 4) is 0 Å². The third-order valence-electron chi connectivity index (χ3n) is 3.61. The van der Waals surface area contributed by atoms with Gasteiger partial charge in [0.1, 0.15) is 0 Å². The molecule has 0 aliphatic carbocycles. The largest absolute Gasteiger partial charge is 0.314 e. The topological polar surface area (TPSA) is 15.3 Å². The van der Waals surface area contributed by atoms with E-state index >= 15 is 0 Å². The van der Waals surface area contributed by atoms with E-state index < -0.39 is 0 Å². The molecule has 0 aromatic heterocycles. The minimum atomic E-state index is 0.383. The summed E-state index contributed by atoms with van der Waals surface area (Å²) >= 11 is 0. The average molecular weight is 184 g/mol. The second-order valence-electron chi connectivity index (χ2n) is 4.48. The second-order valence-corrected chi connectivity index (χ2v) is 4.48. The van der Waals surface area contributed by atoms with Crippen LogP contribution >= 0.6 is 0 Å². The van der Waals surface area contributed by atoms with Gasteiger partial charge >= 0.3 is 0 Å². The molecule has 0 radical (unpaired) electrons. The van der Waals surface area contributed by atoms with Gasteiger partial charge in [-0.1, -0.05) is 13.8 Å². The molecule has 0 bridgehead atoms. The van der Waals surface area contributed by atoms with Crippen LogP contribution in [0, 0.1) is 0 Å². The van der Waals surface area contributed by atoms with Gasteiger partial charge in [0.25, 0.3) is 0 Å². The first-order valence-corrected chi connectivity index (χ1v) is 5.61. The highest BCUT2D eigenvalue weighted by Crippen LogP contribution is 2.24. The molecule has 1 N–H and O–H groups in total. The quantitative estimate of drug-likeness (QED) is 0.720. The van der Waals surface area contributed by atoms with E-state index in [0.717, 1.165) is 19.1 Å². The van der Waals surface area contributed by atoms with Crippen LogP contribution in [0.25, 0.3) is 0 Å². The van der Waals surface area contributed by atoms with Gasteiger partial charge in [-0.15, -0.1) is 0 Å². The van der Waals surface area contributed by atoms with Crippen molar-refractivity contribution in [2.45, 2.75) is 52.1 Å². The third kappa shape index (κ3) is 2.23. The van der Waals surface area contributed by atoms with E-state index in [2.05, 4.69) is 37.9 Å². The number of rotatable bonds is 3. The van der Waals surface area contributed by atoms with Crippen LogP contribution in [0.1, 0.15) is 40.5 Å². The van der Waals surface area contributed by atoms with Crippen LogP contribution < -0.4 is 5.32 Å². The van der Waals surface area contributed by atoms with E-state index in [0.29, 0.717) is 5.54 Å². The van der Waals surface area contributed by atoms with E-state index in [-0.39, 0.29) is 0 Å². The molecule has 0 amide bonds. The smallest absolute Gasteiger partial charge is 0.0306 e. The first kappa shape index (κ1) is 11.0. The molecule has 1 aliphatic rings. The lowest BCUT2D eigenvalue weighted by Crippen LogP contribution is -2.61. The van der Waals surface area contributed by atoms with Gasteiger partial charge in [-0.05, 0) is 26.7 Å². The van der Waals surface area contributed by atoms with Gasteiger partial charge in [0, 0.05) is 31.2 Å². The molecule has 2 heteroatoms. The molecule has 1 fully saturated rings. The first-order valence-electron chi connectivity index (χ1n) is 5.61. The lowest BCUT2D eigenvalue weighted by molar-refractivity contribution is 0.0342. The van der Waals surface area contributed by atoms with Gasteiger partial charge in [-0.2, -0.15) is 0 Å². The summed E-state index contributed by atoms with van der Waals surface area (Å²) in [7, 11) is 0. The SMILES string of the molecule is CCC(C)N1CCNCC1(C)CC. The van der Waals surface area contributed by atoms with Crippen LogP contribution in [0.2, 0.25) is 0 Å². The summed E-state index contributed by atoms with van der Waals surface area (Å²) in [5, 5.41) is 3.49. The molecule has 2 nitrogen and oxygen atoms in total. The van der Waals surface area contributed by atoms with Crippen molar-refractivity contribution < 1.29 is 0 Å². The number of nitrogens with one attached hydrogen (secondary N) is 1. The fraction of sp³-hybridized carbons (Fsp3) is 1.00. The summed E-state index contributed by atoms with van der Waals surface area (Å²) in [5.41, 5.74) is 0.383. The van der Waals surface area contributed by atoms with Crippen molar-refractivity contribution in [2.24, 2.45) is 0 Å². The van der Waals surface area contributed by atoms with Crippen LogP contribution in [0.4, 0.5) is 0 Å². The Kier molecular flexibility index (Phi) is 3.74. The number of nitrogens with zero attached hydrogens (tertiary/aromatic N) is 1. The Labute approximate surface area is 82.7 Å². The maximum absolute atomic E-state index is 3.49. The zero-order valence-electron chi connectivity index (χ0n) is 9.56. The Balaban J connectivity index is 2.67. The predicted octanol–water partition coefficient (Wildman–Crippen LogP) is 1.86. The van der Waals surface area contributed by atoms with E-state index in [4.69, 9.17) is 0 Å². The molecule has 1 saturated heterocycles. The van der Waals surface area contributed by atoms with Crippen LogP contribution in [0.5, 0.6) is 0 Å². The molecule has 0 spiro atoms. The monoisotopic (exact) mass is 184 g/mol. The Bertz CT molecular complexity index is 158. The number of hydrogen-bond acceptors (Lipinski definition) is 2. The minimum Gasteiger partial charge on any atom is -0.314 e. The van der Waals surface area contributed by atoms with Crippen molar-refractivity contribution in [2.75, 3.05) is 19.6 Å². The molecule has 0 saturated carbocycles. The normalized spacial score (nSPS) is 33.2. The van der Waals surface area contributed by atoms with E-state index in [1.54, 1.807) is 0 Å². The summed E-state index contributed by atoms with van der Waals surface area (Å²) in [4.78, 5) is 2.67.